The monoisotopic (exact) mass is 342 g/mol. The van der Waals surface area contributed by atoms with Crippen LogP contribution in [0, 0.1) is 0 Å². The van der Waals surface area contributed by atoms with Crippen molar-refractivity contribution in [1.82, 2.24) is 4.98 Å². The maximum Gasteiger partial charge on any atom is 0.349 e. The highest BCUT2D eigenvalue weighted by atomic mass is 79.9. The number of hydrogen-bond donors (Lipinski definition) is 1. The number of aromatic nitrogens is 1. The summed E-state index contributed by atoms with van der Waals surface area (Å²) in [6, 6.07) is 5.59. The highest BCUT2D eigenvalue weighted by Gasteiger charge is 2.11. The molecule has 1 aromatic heterocycles. The Morgan fingerprint density at radius 1 is 1.42 bits per heavy atom. The number of nitrogens with one attached hydrogen (secondary N) is 1. The molecule has 0 atom stereocenters. The van der Waals surface area contributed by atoms with Gasteiger partial charge in [-0.15, -0.1) is 0 Å². The van der Waals surface area contributed by atoms with Crippen molar-refractivity contribution >= 4 is 44.1 Å². The molecule has 1 N–H and O–H groups in total. The van der Waals surface area contributed by atoms with Gasteiger partial charge in [-0.05, 0) is 28.1 Å². The van der Waals surface area contributed by atoms with E-state index in [4.69, 9.17) is 4.74 Å². The molecule has 0 amide bonds. The number of hydrogen-bond acceptors (Lipinski definition) is 6. The second-order valence-corrected chi connectivity index (χ2v) is 5.38. The van der Waals surface area contributed by atoms with Gasteiger partial charge in [-0.1, -0.05) is 11.3 Å². The summed E-state index contributed by atoms with van der Waals surface area (Å²) in [6.45, 7) is 0. The predicted molar refractivity (Wildman–Crippen MR) is 77.4 cm³/mol. The van der Waals surface area contributed by atoms with Crippen LogP contribution in [0.4, 0.5) is 10.8 Å². The predicted octanol–water partition coefficient (Wildman–Crippen LogP) is 3.44. The van der Waals surface area contributed by atoms with Crippen molar-refractivity contribution in [3.05, 3.63) is 33.7 Å². The summed E-state index contributed by atoms with van der Waals surface area (Å²) in [5.74, 6) is 0.327. The van der Waals surface area contributed by atoms with E-state index in [0.29, 0.717) is 10.0 Å². The highest BCUT2D eigenvalue weighted by Crippen LogP contribution is 2.30. The topological polar surface area (TPSA) is 60.5 Å². The quantitative estimate of drug-likeness (QED) is 0.862. The van der Waals surface area contributed by atoms with E-state index >= 15 is 0 Å². The lowest BCUT2D eigenvalue weighted by Gasteiger charge is -2.07. The van der Waals surface area contributed by atoms with Gasteiger partial charge < -0.3 is 14.8 Å². The van der Waals surface area contributed by atoms with E-state index in [1.807, 2.05) is 18.2 Å². The van der Waals surface area contributed by atoms with Gasteiger partial charge in [-0.25, -0.2) is 9.78 Å². The Hall–Kier alpha value is -1.60. The van der Waals surface area contributed by atoms with E-state index < -0.39 is 0 Å². The largest absolute Gasteiger partial charge is 0.495 e. The van der Waals surface area contributed by atoms with Crippen LogP contribution in [0.5, 0.6) is 5.75 Å². The SMILES string of the molecule is COC(=O)c1cnc(Nc2ccc(Br)c(OC)c2)s1. The molecule has 0 radical (unpaired) electrons. The van der Waals surface area contributed by atoms with E-state index in [0.717, 1.165) is 15.9 Å². The van der Waals surface area contributed by atoms with Crippen molar-refractivity contribution in [2.24, 2.45) is 0 Å². The van der Waals surface area contributed by atoms with Crippen LogP contribution in [0.3, 0.4) is 0 Å². The molecule has 19 heavy (non-hydrogen) atoms. The fourth-order valence-corrected chi connectivity index (χ4v) is 2.55. The second kappa shape index (κ2) is 6.03. The minimum Gasteiger partial charge on any atom is -0.495 e. The highest BCUT2D eigenvalue weighted by molar-refractivity contribution is 9.10. The van der Waals surface area contributed by atoms with Gasteiger partial charge in [0.15, 0.2) is 5.13 Å². The van der Waals surface area contributed by atoms with Gasteiger partial charge in [0.25, 0.3) is 0 Å². The van der Waals surface area contributed by atoms with E-state index in [-0.39, 0.29) is 5.97 Å². The van der Waals surface area contributed by atoms with Crippen LogP contribution in [0.2, 0.25) is 0 Å². The summed E-state index contributed by atoms with van der Waals surface area (Å²) in [6.07, 6.45) is 1.48. The summed E-state index contributed by atoms with van der Waals surface area (Å²) in [7, 11) is 2.94. The van der Waals surface area contributed by atoms with Crippen LogP contribution in [0.15, 0.2) is 28.9 Å². The smallest absolute Gasteiger partial charge is 0.349 e. The third-order valence-electron chi connectivity index (χ3n) is 2.29. The molecule has 0 unspecified atom stereocenters. The molecule has 0 spiro atoms. The molecule has 100 valence electrons. The van der Waals surface area contributed by atoms with Crippen LogP contribution in [-0.2, 0) is 4.74 Å². The van der Waals surface area contributed by atoms with Crippen molar-refractivity contribution in [3.8, 4) is 5.75 Å². The van der Waals surface area contributed by atoms with Crippen LogP contribution in [0.1, 0.15) is 9.67 Å². The fourth-order valence-electron chi connectivity index (χ4n) is 1.39. The standard InChI is InChI=1S/C12H11BrN2O3S/c1-17-9-5-7(3-4-8(9)13)15-12-14-6-10(19-12)11(16)18-2/h3-6H,1-2H3,(H,14,15). The fraction of sp³-hybridized carbons (Fsp3) is 0.167. The van der Waals surface area contributed by atoms with Gasteiger partial charge in [-0.2, -0.15) is 0 Å². The molecule has 0 saturated carbocycles. The summed E-state index contributed by atoms with van der Waals surface area (Å²) >= 11 is 4.61. The second-order valence-electron chi connectivity index (χ2n) is 3.50. The minimum absolute atomic E-state index is 0.390. The Morgan fingerprint density at radius 2 is 2.21 bits per heavy atom. The van der Waals surface area contributed by atoms with Crippen molar-refractivity contribution in [3.63, 3.8) is 0 Å². The first kappa shape index (κ1) is 13.8. The van der Waals surface area contributed by atoms with Crippen molar-refractivity contribution < 1.29 is 14.3 Å². The zero-order chi connectivity index (χ0) is 13.8. The molecule has 5 nitrogen and oxygen atoms in total. The summed E-state index contributed by atoms with van der Waals surface area (Å²) < 4.78 is 10.7. The molecule has 0 aliphatic carbocycles. The molecule has 2 aromatic rings. The lowest BCUT2D eigenvalue weighted by molar-refractivity contribution is 0.0606. The first-order valence-electron chi connectivity index (χ1n) is 5.28. The molecule has 1 heterocycles. The van der Waals surface area contributed by atoms with Crippen molar-refractivity contribution in [2.45, 2.75) is 0 Å². The maximum absolute atomic E-state index is 11.3. The normalized spacial score (nSPS) is 10.1. The van der Waals surface area contributed by atoms with Crippen LogP contribution >= 0.6 is 27.3 Å². The molecular weight excluding hydrogens is 332 g/mol. The first-order valence-corrected chi connectivity index (χ1v) is 6.89. The summed E-state index contributed by atoms with van der Waals surface area (Å²) in [5, 5.41) is 3.72. The van der Waals surface area contributed by atoms with Crippen molar-refractivity contribution in [1.29, 1.82) is 0 Å². The molecule has 7 heteroatoms. The number of anilines is 2. The van der Waals surface area contributed by atoms with Crippen LogP contribution in [0.25, 0.3) is 0 Å². The lowest BCUT2D eigenvalue weighted by atomic mass is 10.3. The maximum atomic E-state index is 11.3. The number of methoxy groups -OCH3 is 2. The lowest BCUT2D eigenvalue weighted by Crippen LogP contribution is -1.96. The van der Waals surface area contributed by atoms with E-state index in [2.05, 4.69) is 31.0 Å². The number of carbonyl (C=O) groups excluding carboxylic acids is 1. The first-order chi connectivity index (χ1) is 9.13. The van der Waals surface area contributed by atoms with Crippen LogP contribution in [-0.4, -0.2) is 25.2 Å². The van der Waals surface area contributed by atoms with E-state index in [1.165, 1.54) is 24.6 Å². The number of benzene rings is 1. The van der Waals surface area contributed by atoms with Crippen LogP contribution < -0.4 is 10.1 Å². The van der Waals surface area contributed by atoms with Gasteiger partial charge >= 0.3 is 5.97 Å². The Morgan fingerprint density at radius 3 is 2.89 bits per heavy atom. The number of nitrogens with zero attached hydrogens (tertiary/aromatic N) is 1. The molecule has 0 aliphatic rings. The number of thiazole rings is 1. The third kappa shape index (κ3) is 3.24. The van der Waals surface area contributed by atoms with Crippen molar-refractivity contribution in [2.75, 3.05) is 19.5 Å². The third-order valence-corrected chi connectivity index (χ3v) is 3.84. The summed E-state index contributed by atoms with van der Waals surface area (Å²) in [5.41, 5.74) is 0.825. The number of ether oxygens (including phenoxy) is 2. The zero-order valence-corrected chi connectivity index (χ0v) is 12.7. The number of carbonyl (C=O) groups is 1. The van der Waals surface area contributed by atoms with E-state index in [1.54, 1.807) is 7.11 Å². The van der Waals surface area contributed by atoms with Gasteiger partial charge in [0, 0.05) is 11.8 Å². The molecule has 2 rings (SSSR count). The Labute approximate surface area is 122 Å². The molecular formula is C12H11BrN2O3S. The molecule has 0 fully saturated rings. The van der Waals surface area contributed by atoms with Gasteiger partial charge in [-0.3, -0.25) is 0 Å². The van der Waals surface area contributed by atoms with Gasteiger partial charge in [0.05, 0.1) is 24.9 Å². The molecule has 1 aromatic carbocycles. The van der Waals surface area contributed by atoms with Gasteiger partial charge in [0.1, 0.15) is 10.6 Å². The average Bonchev–Trinajstić information content (AvgIpc) is 2.88. The van der Waals surface area contributed by atoms with E-state index in [9.17, 15) is 4.79 Å². The molecule has 0 bridgehead atoms. The number of halogens is 1. The number of rotatable bonds is 4. The number of esters is 1. The van der Waals surface area contributed by atoms with Gasteiger partial charge in [0.2, 0.25) is 0 Å². The Bertz CT molecular complexity index is 600. The minimum atomic E-state index is -0.390. The Kier molecular flexibility index (Phi) is 4.39. The zero-order valence-electron chi connectivity index (χ0n) is 10.3. The average molecular weight is 343 g/mol. The summed E-state index contributed by atoms with van der Waals surface area (Å²) in [4.78, 5) is 15.9. The molecule has 0 aliphatic heterocycles. The Balaban J connectivity index is 2.17. The molecule has 0 saturated heterocycles.